The average molecular weight is 329 g/mol. The minimum atomic E-state index is -1.07. The standard InChI is InChI=1S/C13H17BrN2O3/c1-3-15-8(2)6-12(17)16-11-7-9(14)4-5-10(11)13(18)19/h4-5,7-8,15H,3,6H2,1-2H3,(H,16,17)(H,18,19). The Morgan fingerprint density at radius 2 is 2.11 bits per heavy atom. The van der Waals surface area contributed by atoms with E-state index in [0.29, 0.717) is 16.6 Å². The molecule has 0 heterocycles. The number of hydrogen-bond donors (Lipinski definition) is 3. The van der Waals surface area contributed by atoms with Crippen LogP contribution in [0.15, 0.2) is 22.7 Å². The molecule has 0 bridgehead atoms. The van der Waals surface area contributed by atoms with E-state index in [2.05, 4.69) is 26.6 Å². The molecule has 1 rings (SSSR count). The molecule has 104 valence electrons. The largest absolute Gasteiger partial charge is 0.478 e. The van der Waals surface area contributed by atoms with E-state index >= 15 is 0 Å². The van der Waals surface area contributed by atoms with Crippen molar-refractivity contribution in [2.45, 2.75) is 26.3 Å². The molecule has 0 radical (unpaired) electrons. The number of carboxylic acid groups (broad SMARTS) is 1. The molecule has 0 spiro atoms. The van der Waals surface area contributed by atoms with E-state index in [0.717, 1.165) is 6.54 Å². The zero-order chi connectivity index (χ0) is 14.4. The first-order chi connectivity index (χ1) is 8.93. The molecule has 0 saturated carbocycles. The van der Waals surface area contributed by atoms with Gasteiger partial charge in [-0.15, -0.1) is 0 Å². The Morgan fingerprint density at radius 3 is 2.68 bits per heavy atom. The number of anilines is 1. The van der Waals surface area contributed by atoms with Crippen molar-refractivity contribution in [3.63, 3.8) is 0 Å². The summed E-state index contributed by atoms with van der Waals surface area (Å²) in [5.41, 5.74) is 0.378. The highest BCUT2D eigenvalue weighted by atomic mass is 79.9. The molecule has 5 nitrogen and oxygen atoms in total. The molecule has 1 aromatic rings. The highest BCUT2D eigenvalue weighted by Gasteiger charge is 2.14. The van der Waals surface area contributed by atoms with Gasteiger partial charge in [0.25, 0.3) is 0 Å². The van der Waals surface area contributed by atoms with E-state index in [9.17, 15) is 9.59 Å². The van der Waals surface area contributed by atoms with Crippen LogP contribution in [-0.2, 0) is 4.79 Å². The Morgan fingerprint density at radius 1 is 1.42 bits per heavy atom. The Kier molecular flexibility index (Phi) is 5.98. The molecule has 0 saturated heterocycles. The van der Waals surface area contributed by atoms with Gasteiger partial charge in [0, 0.05) is 16.9 Å². The second kappa shape index (κ2) is 7.25. The fourth-order valence-corrected chi connectivity index (χ4v) is 2.07. The first-order valence-electron chi connectivity index (χ1n) is 6.00. The minimum Gasteiger partial charge on any atom is -0.478 e. The van der Waals surface area contributed by atoms with E-state index in [4.69, 9.17) is 5.11 Å². The lowest BCUT2D eigenvalue weighted by molar-refractivity contribution is -0.116. The van der Waals surface area contributed by atoms with Gasteiger partial charge in [-0.2, -0.15) is 0 Å². The smallest absolute Gasteiger partial charge is 0.337 e. The quantitative estimate of drug-likeness (QED) is 0.749. The Balaban J connectivity index is 2.78. The van der Waals surface area contributed by atoms with Gasteiger partial charge in [0.05, 0.1) is 11.3 Å². The topological polar surface area (TPSA) is 78.4 Å². The van der Waals surface area contributed by atoms with Crippen molar-refractivity contribution in [3.05, 3.63) is 28.2 Å². The van der Waals surface area contributed by atoms with Crippen LogP contribution in [0, 0.1) is 0 Å². The third kappa shape index (κ3) is 5.00. The van der Waals surface area contributed by atoms with Crippen molar-refractivity contribution >= 4 is 33.5 Å². The van der Waals surface area contributed by atoms with Crippen LogP contribution >= 0.6 is 15.9 Å². The number of aromatic carboxylic acids is 1. The van der Waals surface area contributed by atoms with Crippen molar-refractivity contribution < 1.29 is 14.7 Å². The van der Waals surface area contributed by atoms with Crippen molar-refractivity contribution in [2.24, 2.45) is 0 Å². The molecule has 1 atom stereocenters. The summed E-state index contributed by atoms with van der Waals surface area (Å²) in [7, 11) is 0. The van der Waals surface area contributed by atoms with Crippen LogP contribution in [0.4, 0.5) is 5.69 Å². The third-order valence-electron chi connectivity index (χ3n) is 2.53. The van der Waals surface area contributed by atoms with Gasteiger partial charge in [0.15, 0.2) is 0 Å². The Bertz CT molecular complexity index is 477. The van der Waals surface area contributed by atoms with Gasteiger partial charge in [-0.1, -0.05) is 22.9 Å². The number of carbonyl (C=O) groups excluding carboxylic acids is 1. The second-order valence-corrected chi connectivity index (χ2v) is 5.12. The molecule has 1 unspecified atom stereocenters. The summed E-state index contributed by atoms with van der Waals surface area (Å²) in [4.78, 5) is 22.9. The molecular weight excluding hydrogens is 312 g/mol. The van der Waals surface area contributed by atoms with E-state index < -0.39 is 5.97 Å². The number of halogens is 1. The van der Waals surface area contributed by atoms with Gasteiger partial charge in [0.2, 0.25) is 5.91 Å². The molecule has 0 aliphatic carbocycles. The maximum absolute atomic E-state index is 11.8. The summed E-state index contributed by atoms with van der Waals surface area (Å²) in [6, 6.07) is 4.71. The minimum absolute atomic E-state index is 0.0467. The molecule has 1 aromatic carbocycles. The lowest BCUT2D eigenvalue weighted by Crippen LogP contribution is -2.30. The summed E-state index contributed by atoms with van der Waals surface area (Å²) in [6.45, 7) is 4.65. The van der Waals surface area contributed by atoms with Crippen LogP contribution in [0.3, 0.4) is 0 Å². The van der Waals surface area contributed by atoms with Crippen molar-refractivity contribution in [1.29, 1.82) is 0 Å². The van der Waals surface area contributed by atoms with Gasteiger partial charge in [-0.25, -0.2) is 4.79 Å². The van der Waals surface area contributed by atoms with E-state index in [1.807, 2.05) is 13.8 Å². The molecular formula is C13H17BrN2O3. The Labute approximate surface area is 120 Å². The van der Waals surface area contributed by atoms with Gasteiger partial charge in [-0.05, 0) is 31.7 Å². The van der Waals surface area contributed by atoms with Crippen LogP contribution in [0.1, 0.15) is 30.6 Å². The highest BCUT2D eigenvalue weighted by molar-refractivity contribution is 9.10. The molecule has 19 heavy (non-hydrogen) atoms. The SMILES string of the molecule is CCNC(C)CC(=O)Nc1cc(Br)ccc1C(=O)O. The van der Waals surface area contributed by atoms with E-state index in [1.165, 1.54) is 6.07 Å². The van der Waals surface area contributed by atoms with Crippen molar-refractivity contribution in [1.82, 2.24) is 5.32 Å². The van der Waals surface area contributed by atoms with Crippen LogP contribution in [-0.4, -0.2) is 29.6 Å². The lowest BCUT2D eigenvalue weighted by atomic mass is 10.1. The highest BCUT2D eigenvalue weighted by Crippen LogP contribution is 2.21. The zero-order valence-electron chi connectivity index (χ0n) is 10.9. The van der Waals surface area contributed by atoms with Gasteiger partial charge in [-0.3, -0.25) is 4.79 Å². The molecule has 0 aromatic heterocycles. The molecule has 6 heteroatoms. The molecule has 3 N–H and O–H groups in total. The second-order valence-electron chi connectivity index (χ2n) is 4.21. The van der Waals surface area contributed by atoms with Crippen LogP contribution in [0.2, 0.25) is 0 Å². The summed E-state index contributed by atoms with van der Waals surface area (Å²) in [6.07, 6.45) is 0.291. The van der Waals surface area contributed by atoms with Crippen LogP contribution in [0.25, 0.3) is 0 Å². The fraction of sp³-hybridized carbons (Fsp3) is 0.385. The Hall–Kier alpha value is -1.40. The predicted octanol–water partition coefficient (Wildman–Crippen LogP) is 2.47. The van der Waals surface area contributed by atoms with Crippen LogP contribution < -0.4 is 10.6 Å². The van der Waals surface area contributed by atoms with Gasteiger partial charge >= 0.3 is 5.97 Å². The molecule has 0 aliphatic heterocycles. The summed E-state index contributed by atoms with van der Waals surface area (Å²) in [5, 5.41) is 14.8. The first-order valence-corrected chi connectivity index (χ1v) is 6.79. The summed E-state index contributed by atoms with van der Waals surface area (Å²) < 4.78 is 0.715. The van der Waals surface area contributed by atoms with E-state index in [-0.39, 0.29) is 17.5 Å². The van der Waals surface area contributed by atoms with Gasteiger partial charge < -0.3 is 15.7 Å². The fourth-order valence-electron chi connectivity index (χ4n) is 1.71. The number of rotatable bonds is 6. The molecule has 0 fully saturated rings. The third-order valence-corrected chi connectivity index (χ3v) is 3.02. The predicted molar refractivity (Wildman–Crippen MR) is 77.5 cm³/mol. The van der Waals surface area contributed by atoms with Gasteiger partial charge in [0.1, 0.15) is 0 Å². The lowest BCUT2D eigenvalue weighted by Gasteiger charge is -2.13. The first kappa shape index (κ1) is 15.7. The molecule has 0 aliphatic rings. The number of nitrogens with one attached hydrogen (secondary N) is 2. The normalized spacial score (nSPS) is 11.9. The number of carboxylic acids is 1. The van der Waals surface area contributed by atoms with Crippen LogP contribution in [0.5, 0.6) is 0 Å². The number of hydrogen-bond acceptors (Lipinski definition) is 3. The number of benzene rings is 1. The maximum atomic E-state index is 11.8. The van der Waals surface area contributed by atoms with Crippen molar-refractivity contribution in [3.8, 4) is 0 Å². The monoisotopic (exact) mass is 328 g/mol. The number of amides is 1. The molecule has 1 amide bonds. The zero-order valence-corrected chi connectivity index (χ0v) is 12.5. The maximum Gasteiger partial charge on any atom is 0.337 e. The van der Waals surface area contributed by atoms with Crippen molar-refractivity contribution in [2.75, 3.05) is 11.9 Å². The summed E-state index contributed by atoms with van der Waals surface area (Å²) >= 11 is 3.25. The summed E-state index contributed by atoms with van der Waals surface area (Å²) in [5.74, 6) is -1.28. The number of carbonyl (C=O) groups is 2. The average Bonchev–Trinajstić information content (AvgIpc) is 2.28. The van der Waals surface area contributed by atoms with E-state index in [1.54, 1.807) is 12.1 Å².